The SMILES string of the molecule is COc1ccccc1NC(=O)CSc1nccn1-c1ccc(C(=O)NCc2ccccc2F)cc1. The lowest BCUT2D eigenvalue weighted by Crippen LogP contribution is -2.23. The number of carbonyl (C=O) groups excluding carboxylic acids is 2. The van der Waals surface area contributed by atoms with Crippen molar-refractivity contribution in [2.45, 2.75) is 11.7 Å². The van der Waals surface area contributed by atoms with Gasteiger partial charge in [0.1, 0.15) is 11.6 Å². The lowest BCUT2D eigenvalue weighted by atomic mass is 10.1. The number of ether oxygens (including phenoxy) is 1. The molecule has 0 aliphatic carbocycles. The smallest absolute Gasteiger partial charge is 0.251 e. The first-order valence-electron chi connectivity index (χ1n) is 10.8. The number of hydrogen-bond acceptors (Lipinski definition) is 5. The number of rotatable bonds is 9. The van der Waals surface area contributed by atoms with Crippen molar-refractivity contribution >= 4 is 29.3 Å². The Labute approximate surface area is 206 Å². The number of halogens is 1. The van der Waals surface area contributed by atoms with Crippen molar-refractivity contribution in [3.63, 3.8) is 0 Å². The Bertz CT molecular complexity index is 1320. The summed E-state index contributed by atoms with van der Waals surface area (Å²) in [5.41, 5.74) is 2.27. The topological polar surface area (TPSA) is 85.2 Å². The van der Waals surface area contributed by atoms with Crippen LogP contribution in [0.15, 0.2) is 90.3 Å². The molecular weight excluding hydrogens is 467 g/mol. The van der Waals surface area contributed by atoms with Crippen LogP contribution in [0.3, 0.4) is 0 Å². The number of methoxy groups -OCH3 is 1. The quantitative estimate of drug-likeness (QED) is 0.333. The molecule has 2 N–H and O–H groups in total. The Morgan fingerprint density at radius 3 is 2.54 bits per heavy atom. The van der Waals surface area contributed by atoms with Crippen LogP contribution in [0.5, 0.6) is 5.75 Å². The van der Waals surface area contributed by atoms with E-state index >= 15 is 0 Å². The zero-order valence-corrected chi connectivity index (χ0v) is 19.7. The minimum Gasteiger partial charge on any atom is -0.495 e. The van der Waals surface area contributed by atoms with Crippen LogP contribution in [-0.2, 0) is 11.3 Å². The van der Waals surface area contributed by atoms with Crippen LogP contribution < -0.4 is 15.4 Å². The first-order valence-corrected chi connectivity index (χ1v) is 11.7. The van der Waals surface area contributed by atoms with Crippen molar-refractivity contribution in [1.82, 2.24) is 14.9 Å². The Morgan fingerprint density at radius 1 is 1.03 bits per heavy atom. The van der Waals surface area contributed by atoms with Crippen LogP contribution >= 0.6 is 11.8 Å². The van der Waals surface area contributed by atoms with Crippen molar-refractivity contribution in [2.24, 2.45) is 0 Å². The molecule has 4 aromatic rings. The second-order valence-electron chi connectivity index (χ2n) is 7.44. The molecule has 4 rings (SSSR count). The minimum absolute atomic E-state index is 0.104. The number of aromatic nitrogens is 2. The number of nitrogens with zero attached hydrogens (tertiary/aromatic N) is 2. The third-order valence-electron chi connectivity index (χ3n) is 5.13. The minimum atomic E-state index is -0.357. The highest BCUT2D eigenvalue weighted by Crippen LogP contribution is 2.25. The zero-order valence-electron chi connectivity index (χ0n) is 18.9. The molecule has 1 aromatic heterocycles. The van der Waals surface area contributed by atoms with Crippen molar-refractivity contribution in [3.8, 4) is 11.4 Å². The maximum absolute atomic E-state index is 13.8. The fourth-order valence-electron chi connectivity index (χ4n) is 3.35. The molecule has 178 valence electrons. The molecule has 0 atom stereocenters. The van der Waals surface area contributed by atoms with E-state index in [0.717, 1.165) is 5.69 Å². The summed E-state index contributed by atoms with van der Waals surface area (Å²) in [6, 6.07) is 20.5. The third kappa shape index (κ3) is 6.07. The molecule has 7 nitrogen and oxygen atoms in total. The lowest BCUT2D eigenvalue weighted by Gasteiger charge is -2.11. The van der Waals surface area contributed by atoms with E-state index in [1.807, 2.05) is 16.7 Å². The van der Waals surface area contributed by atoms with Crippen LogP contribution in [-0.4, -0.2) is 34.2 Å². The summed E-state index contributed by atoms with van der Waals surface area (Å²) in [6.45, 7) is 0.104. The van der Waals surface area contributed by atoms with Gasteiger partial charge in [0.15, 0.2) is 5.16 Å². The number of imidazole rings is 1. The van der Waals surface area contributed by atoms with Gasteiger partial charge < -0.3 is 15.4 Å². The average Bonchev–Trinajstić information content (AvgIpc) is 3.36. The Kier molecular flexibility index (Phi) is 7.79. The summed E-state index contributed by atoms with van der Waals surface area (Å²) < 4.78 is 20.8. The van der Waals surface area contributed by atoms with E-state index in [9.17, 15) is 14.0 Å². The lowest BCUT2D eigenvalue weighted by molar-refractivity contribution is -0.113. The maximum atomic E-state index is 13.8. The summed E-state index contributed by atoms with van der Waals surface area (Å²) in [5.74, 6) is -0.0924. The number of hydrogen-bond donors (Lipinski definition) is 2. The van der Waals surface area contributed by atoms with E-state index in [-0.39, 0.29) is 29.9 Å². The molecule has 0 saturated carbocycles. The predicted molar refractivity (Wildman–Crippen MR) is 133 cm³/mol. The number of anilines is 1. The van der Waals surface area contributed by atoms with Gasteiger partial charge in [0, 0.05) is 35.8 Å². The average molecular weight is 491 g/mol. The molecule has 1 heterocycles. The standard InChI is InChI=1S/C26H23FN4O3S/c1-34-23-9-5-4-8-22(23)30-24(32)17-35-26-28-14-15-31(26)20-12-10-18(11-13-20)25(33)29-16-19-6-2-3-7-21(19)27/h2-15H,16-17H2,1H3,(H,29,33)(H,30,32). The van der Waals surface area contributed by atoms with Gasteiger partial charge in [-0.25, -0.2) is 9.37 Å². The summed E-state index contributed by atoms with van der Waals surface area (Å²) in [7, 11) is 1.55. The second kappa shape index (κ2) is 11.3. The molecule has 0 unspecified atom stereocenters. The number of thioether (sulfide) groups is 1. The highest BCUT2D eigenvalue weighted by atomic mass is 32.2. The Balaban J connectivity index is 1.36. The molecule has 0 aliphatic rings. The van der Waals surface area contributed by atoms with E-state index in [0.29, 0.717) is 27.7 Å². The Hall–Kier alpha value is -4.11. The van der Waals surface area contributed by atoms with Gasteiger partial charge in [-0.2, -0.15) is 0 Å². The molecule has 3 aromatic carbocycles. The largest absolute Gasteiger partial charge is 0.495 e. The van der Waals surface area contributed by atoms with Crippen molar-refractivity contribution < 1.29 is 18.7 Å². The zero-order chi connectivity index (χ0) is 24.6. The van der Waals surface area contributed by atoms with Gasteiger partial charge >= 0.3 is 0 Å². The number of carbonyl (C=O) groups is 2. The number of nitrogens with one attached hydrogen (secondary N) is 2. The molecule has 0 saturated heterocycles. The molecule has 35 heavy (non-hydrogen) atoms. The molecule has 0 radical (unpaired) electrons. The second-order valence-corrected chi connectivity index (χ2v) is 8.38. The highest BCUT2D eigenvalue weighted by Gasteiger charge is 2.12. The van der Waals surface area contributed by atoms with E-state index in [1.165, 1.54) is 17.8 Å². The fourth-order valence-corrected chi connectivity index (χ4v) is 4.12. The van der Waals surface area contributed by atoms with Crippen molar-refractivity contribution in [1.29, 1.82) is 0 Å². The van der Waals surface area contributed by atoms with E-state index in [1.54, 1.807) is 74.1 Å². The fraction of sp³-hybridized carbons (Fsp3) is 0.115. The predicted octanol–water partition coefficient (Wildman–Crippen LogP) is 4.68. The van der Waals surface area contributed by atoms with Gasteiger partial charge in [0.05, 0.1) is 18.6 Å². The van der Waals surface area contributed by atoms with Gasteiger partial charge in [-0.15, -0.1) is 0 Å². The van der Waals surface area contributed by atoms with Gasteiger partial charge in [-0.1, -0.05) is 42.1 Å². The normalized spacial score (nSPS) is 10.6. The van der Waals surface area contributed by atoms with Crippen LogP contribution in [0, 0.1) is 5.82 Å². The molecule has 0 bridgehead atoms. The van der Waals surface area contributed by atoms with Crippen LogP contribution in [0.25, 0.3) is 5.69 Å². The molecular formula is C26H23FN4O3S. The van der Waals surface area contributed by atoms with Crippen LogP contribution in [0.4, 0.5) is 10.1 Å². The molecule has 0 spiro atoms. The maximum Gasteiger partial charge on any atom is 0.251 e. The van der Waals surface area contributed by atoms with Crippen molar-refractivity contribution in [2.75, 3.05) is 18.2 Å². The first-order chi connectivity index (χ1) is 17.0. The van der Waals surface area contributed by atoms with Gasteiger partial charge in [-0.05, 0) is 42.5 Å². The van der Waals surface area contributed by atoms with E-state index < -0.39 is 0 Å². The summed E-state index contributed by atoms with van der Waals surface area (Å²) in [6.07, 6.45) is 3.43. The van der Waals surface area contributed by atoms with Gasteiger partial charge in [0.25, 0.3) is 5.91 Å². The highest BCUT2D eigenvalue weighted by molar-refractivity contribution is 7.99. The summed E-state index contributed by atoms with van der Waals surface area (Å²) in [4.78, 5) is 29.2. The number of para-hydroxylation sites is 2. The molecule has 2 amide bonds. The Morgan fingerprint density at radius 2 is 1.77 bits per heavy atom. The summed E-state index contributed by atoms with van der Waals surface area (Å²) in [5, 5.41) is 6.20. The third-order valence-corrected chi connectivity index (χ3v) is 6.09. The summed E-state index contributed by atoms with van der Waals surface area (Å²) >= 11 is 1.29. The van der Waals surface area contributed by atoms with Crippen molar-refractivity contribution in [3.05, 3.63) is 102 Å². The van der Waals surface area contributed by atoms with Gasteiger partial charge in [-0.3, -0.25) is 14.2 Å². The molecule has 0 aliphatic heterocycles. The van der Waals surface area contributed by atoms with E-state index in [4.69, 9.17) is 4.74 Å². The van der Waals surface area contributed by atoms with Crippen LogP contribution in [0.1, 0.15) is 15.9 Å². The van der Waals surface area contributed by atoms with E-state index in [2.05, 4.69) is 15.6 Å². The van der Waals surface area contributed by atoms with Crippen LogP contribution in [0.2, 0.25) is 0 Å². The molecule has 9 heteroatoms. The number of amides is 2. The number of benzene rings is 3. The first kappa shape index (κ1) is 24.0. The van der Waals surface area contributed by atoms with Gasteiger partial charge in [0.2, 0.25) is 5.91 Å². The monoisotopic (exact) mass is 490 g/mol. The molecule has 0 fully saturated rings.